The van der Waals surface area contributed by atoms with Gasteiger partial charge in [-0.1, -0.05) is 38.5 Å². The quantitative estimate of drug-likeness (QED) is 0.645. The maximum atomic E-state index is 12.9. The molecule has 2 fully saturated rings. The summed E-state index contributed by atoms with van der Waals surface area (Å²) in [5.74, 6) is -0.334. The average Bonchev–Trinajstić information content (AvgIpc) is 3.57. The second-order valence-electron chi connectivity index (χ2n) is 8.22. The molecule has 2 aliphatic carbocycles. The van der Waals surface area contributed by atoms with Crippen molar-refractivity contribution in [2.75, 3.05) is 6.61 Å². The van der Waals surface area contributed by atoms with Crippen LogP contribution in [0.1, 0.15) is 94.4 Å². The smallest absolute Gasteiger partial charge is 0.350 e. The summed E-state index contributed by atoms with van der Waals surface area (Å²) in [6, 6.07) is 4.34. The molecule has 2 saturated carbocycles. The first-order valence-electron chi connectivity index (χ1n) is 11.6. The van der Waals surface area contributed by atoms with E-state index in [9.17, 15) is 14.7 Å². The molecule has 1 N–H and O–H groups in total. The SMILES string of the molecule is CC.CCOC(=O)C1(OC(=O)Cc2c(CC)cc(C)cc2C2CC2)CCC(O)CC1. The molecule has 0 radical (unpaired) electrons. The summed E-state index contributed by atoms with van der Waals surface area (Å²) >= 11 is 0. The standard InChI is InChI=1S/C23H32O5.C2H6/c1-4-16-12-15(3)13-19(17-6-7-17)20(16)14-21(25)28-23(22(26)27-5-2)10-8-18(24)9-11-23;1-2/h12-13,17-18,24H,4-11,14H2,1-3H3;1-2H3. The number of carbonyl (C=O) groups excluding carboxylic acids is 2. The monoisotopic (exact) mass is 418 g/mol. The molecule has 0 aromatic heterocycles. The summed E-state index contributed by atoms with van der Waals surface area (Å²) in [6.07, 6.45) is 4.41. The van der Waals surface area contributed by atoms with Crippen molar-refractivity contribution >= 4 is 11.9 Å². The molecule has 2 aliphatic rings. The van der Waals surface area contributed by atoms with E-state index in [1.165, 1.54) is 29.5 Å². The van der Waals surface area contributed by atoms with Gasteiger partial charge in [0, 0.05) is 12.8 Å². The highest BCUT2D eigenvalue weighted by atomic mass is 16.6. The van der Waals surface area contributed by atoms with Crippen molar-refractivity contribution in [3.63, 3.8) is 0 Å². The molecule has 1 aromatic rings. The summed E-state index contributed by atoms with van der Waals surface area (Å²) in [5.41, 5.74) is 3.47. The maximum absolute atomic E-state index is 12.9. The van der Waals surface area contributed by atoms with Gasteiger partial charge in [0.2, 0.25) is 5.60 Å². The van der Waals surface area contributed by atoms with Gasteiger partial charge in [0.15, 0.2) is 0 Å². The summed E-state index contributed by atoms with van der Waals surface area (Å²) in [5, 5.41) is 9.83. The third-order valence-electron chi connectivity index (χ3n) is 5.96. The van der Waals surface area contributed by atoms with Gasteiger partial charge in [0.25, 0.3) is 0 Å². The predicted molar refractivity (Wildman–Crippen MR) is 118 cm³/mol. The van der Waals surface area contributed by atoms with E-state index >= 15 is 0 Å². The number of esters is 2. The summed E-state index contributed by atoms with van der Waals surface area (Å²) in [6.45, 7) is 10.2. The van der Waals surface area contributed by atoms with Crippen LogP contribution in [0.5, 0.6) is 0 Å². The van der Waals surface area contributed by atoms with Crippen LogP contribution in [0.4, 0.5) is 0 Å². The first kappa shape index (κ1) is 24.4. The Morgan fingerprint density at radius 2 is 1.73 bits per heavy atom. The number of carbonyl (C=O) groups is 2. The molecule has 0 unspecified atom stereocenters. The summed E-state index contributed by atoms with van der Waals surface area (Å²) in [4.78, 5) is 25.5. The Bertz CT molecular complexity index is 727. The van der Waals surface area contributed by atoms with Gasteiger partial charge in [-0.15, -0.1) is 0 Å². The zero-order valence-electron chi connectivity index (χ0n) is 19.3. The highest BCUT2D eigenvalue weighted by Crippen LogP contribution is 2.43. The van der Waals surface area contributed by atoms with E-state index in [0.717, 1.165) is 12.0 Å². The summed E-state index contributed by atoms with van der Waals surface area (Å²) in [7, 11) is 0. The largest absolute Gasteiger partial charge is 0.463 e. The first-order chi connectivity index (χ1) is 14.4. The number of aliphatic hydroxyl groups excluding tert-OH is 1. The van der Waals surface area contributed by atoms with Crippen LogP contribution in [-0.2, 0) is 31.9 Å². The van der Waals surface area contributed by atoms with E-state index in [1.54, 1.807) is 6.92 Å². The predicted octanol–water partition coefficient (Wildman–Crippen LogP) is 4.78. The molecule has 0 atom stereocenters. The van der Waals surface area contributed by atoms with Crippen molar-refractivity contribution in [1.82, 2.24) is 0 Å². The van der Waals surface area contributed by atoms with Gasteiger partial charge in [-0.2, -0.15) is 0 Å². The lowest BCUT2D eigenvalue weighted by atomic mass is 9.83. The van der Waals surface area contributed by atoms with Crippen molar-refractivity contribution in [3.05, 3.63) is 34.4 Å². The molecular formula is C25H38O5. The topological polar surface area (TPSA) is 72.8 Å². The van der Waals surface area contributed by atoms with Gasteiger partial charge >= 0.3 is 11.9 Å². The van der Waals surface area contributed by atoms with E-state index in [0.29, 0.717) is 31.6 Å². The third-order valence-corrected chi connectivity index (χ3v) is 5.96. The van der Waals surface area contributed by atoms with Gasteiger partial charge in [-0.05, 0) is 68.6 Å². The molecule has 0 bridgehead atoms. The Labute approximate surface area is 181 Å². The number of hydrogen-bond donors (Lipinski definition) is 1. The van der Waals surface area contributed by atoms with E-state index in [4.69, 9.17) is 9.47 Å². The fraction of sp³-hybridized carbons (Fsp3) is 0.680. The van der Waals surface area contributed by atoms with Crippen LogP contribution < -0.4 is 0 Å². The molecule has 1 aromatic carbocycles. The van der Waals surface area contributed by atoms with Crippen molar-refractivity contribution in [2.45, 2.75) is 104 Å². The fourth-order valence-corrected chi connectivity index (χ4v) is 4.29. The number of rotatable bonds is 7. The Hall–Kier alpha value is -1.88. The van der Waals surface area contributed by atoms with Crippen molar-refractivity contribution < 1.29 is 24.2 Å². The molecule has 0 aliphatic heterocycles. The van der Waals surface area contributed by atoms with Crippen molar-refractivity contribution in [1.29, 1.82) is 0 Å². The molecule has 3 rings (SSSR count). The molecule has 0 saturated heterocycles. The van der Waals surface area contributed by atoms with Crippen molar-refractivity contribution in [2.24, 2.45) is 0 Å². The van der Waals surface area contributed by atoms with Gasteiger partial charge in [0.05, 0.1) is 19.1 Å². The Kier molecular flexibility index (Phi) is 8.90. The molecule has 30 heavy (non-hydrogen) atoms. The fourth-order valence-electron chi connectivity index (χ4n) is 4.29. The third kappa shape index (κ3) is 5.84. The molecule has 0 spiro atoms. The second kappa shape index (κ2) is 10.9. The molecule has 168 valence electrons. The minimum Gasteiger partial charge on any atom is -0.463 e. The van der Waals surface area contributed by atoms with Gasteiger partial charge in [-0.25, -0.2) is 4.79 Å². The zero-order chi connectivity index (χ0) is 22.3. The summed E-state index contributed by atoms with van der Waals surface area (Å²) < 4.78 is 11.0. The van der Waals surface area contributed by atoms with Crippen LogP contribution in [-0.4, -0.2) is 35.4 Å². The van der Waals surface area contributed by atoms with Gasteiger partial charge < -0.3 is 14.6 Å². The number of aryl methyl sites for hydroxylation is 2. The molecular weight excluding hydrogens is 380 g/mol. The first-order valence-corrected chi connectivity index (χ1v) is 11.6. The Balaban J connectivity index is 0.00000155. The van der Waals surface area contributed by atoms with Crippen LogP contribution in [0, 0.1) is 6.92 Å². The Morgan fingerprint density at radius 1 is 1.10 bits per heavy atom. The second-order valence-corrected chi connectivity index (χ2v) is 8.22. The zero-order valence-corrected chi connectivity index (χ0v) is 19.3. The van der Waals surface area contributed by atoms with Crippen LogP contribution in [0.15, 0.2) is 12.1 Å². The number of hydrogen-bond acceptors (Lipinski definition) is 5. The molecule has 0 heterocycles. The number of aliphatic hydroxyl groups is 1. The molecule has 0 amide bonds. The maximum Gasteiger partial charge on any atom is 0.350 e. The van der Waals surface area contributed by atoms with Gasteiger partial charge in [0.1, 0.15) is 0 Å². The van der Waals surface area contributed by atoms with E-state index in [-0.39, 0.29) is 19.0 Å². The minimum absolute atomic E-state index is 0.180. The Morgan fingerprint density at radius 3 is 2.27 bits per heavy atom. The lowest BCUT2D eigenvalue weighted by Crippen LogP contribution is -2.48. The highest BCUT2D eigenvalue weighted by Gasteiger charge is 2.46. The number of benzene rings is 1. The van der Waals surface area contributed by atoms with Crippen LogP contribution in [0.25, 0.3) is 0 Å². The van der Waals surface area contributed by atoms with Crippen molar-refractivity contribution in [3.8, 4) is 0 Å². The molecule has 5 nitrogen and oxygen atoms in total. The van der Waals surface area contributed by atoms with E-state index in [1.807, 2.05) is 13.8 Å². The van der Waals surface area contributed by atoms with Crippen LogP contribution in [0.2, 0.25) is 0 Å². The van der Waals surface area contributed by atoms with Crippen LogP contribution >= 0.6 is 0 Å². The highest BCUT2D eigenvalue weighted by molar-refractivity contribution is 5.84. The van der Waals surface area contributed by atoms with Crippen LogP contribution in [0.3, 0.4) is 0 Å². The number of ether oxygens (including phenoxy) is 2. The normalized spacial score (nSPS) is 23.2. The van der Waals surface area contributed by atoms with Gasteiger partial charge in [-0.3, -0.25) is 4.79 Å². The van der Waals surface area contributed by atoms with E-state index in [2.05, 4.69) is 26.0 Å². The lowest BCUT2D eigenvalue weighted by molar-refractivity contribution is -0.188. The molecule has 5 heteroatoms. The lowest BCUT2D eigenvalue weighted by Gasteiger charge is -2.36. The average molecular weight is 419 g/mol. The minimum atomic E-state index is -1.26. The van der Waals surface area contributed by atoms with E-state index < -0.39 is 17.7 Å².